The molecular weight excluding hydrogens is 221 g/mol. The van der Waals surface area contributed by atoms with Crippen molar-refractivity contribution in [2.24, 2.45) is 11.5 Å². The maximum absolute atomic E-state index is 12.4. The maximum atomic E-state index is 12.4. The Bertz CT molecular complexity index is 366. The van der Waals surface area contributed by atoms with Crippen LogP contribution in [0.1, 0.15) is 22.7 Å². The Morgan fingerprint density at radius 1 is 1.31 bits per heavy atom. The molecule has 0 saturated heterocycles. The average Bonchev–Trinajstić information content (AvgIpc) is 2.26. The molecule has 0 aliphatic heterocycles. The standard InChI is InChI=1S/C10H13F3N2O/c11-10(12,13)7-1-2-8(9(15)4-14)6(3-7)5-16/h1-3,9,16H,4-5,14-15H2/t9-/m0/s1. The molecule has 1 atom stereocenters. The summed E-state index contributed by atoms with van der Waals surface area (Å²) in [4.78, 5) is 0. The molecule has 1 rings (SSSR count). The molecule has 0 heterocycles. The van der Waals surface area contributed by atoms with Gasteiger partial charge in [-0.1, -0.05) is 6.07 Å². The predicted octanol–water partition coefficient (Wildman–Crippen LogP) is 1.16. The fourth-order valence-corrected chi connectivity index (χ4v) is 1.41. The van der Waals surface area contributed by atoms with Gasteiger partial charge in [0.25, 0.3) is 0 Å². The number of alkyl halides is 3. The topological polar surface area (TPSA) is 72.3 Å². The molecule has 1 aromatic carbocycles. The molecule has 90 valence electrons. The van der Waals surface area contributed by atoms with E-state index in [1.165, 1.54) is 6.07 Å². The molecule has 0 radical (unpaired) electrons. The first-order valence-electron chi connectivity index (χ1n) is 4.66. The van der Waals surface area contributed by atoms with E-state index in [-0.39, 0.29) is 12.1 Å². The molecule has 0 amide bonds. The van der Waals surface area contributed by atoms with Crippen molar-refractivity contribution in [1.29, 1.82) is 0 Å². The largest absolute Gasteiger partial charge is 0.416 e. The van der Waals surface area contributed by atoms with Gasteiger partial charge in [-0.2, -0.15) is 13.2 Å². The van der Waals surface area contributed by atoms with Crippen molar-refractivity contribution < 1.29 is 18.3 Å². The van der Waals surface area contributed by atoms with Crippen molar-refractivity contribution in [2.45, 2.75) is 18.8 Å². The third-order valence-corrected chi connectivity index (χ3v) is 2.29. The van der Waals surface area contributed by atoms with Crippen LogP contribution in [-0.4, -0.2) is 11.7 Å². The van der Waals surface area contributed by atoms with Crippen LogP contribution in [0.25, 0.3) is 0 Å². The minimum Gasteiger partial charge on any atom is -0.392 e. The van der Waals surface area contributed by atoms with Gasteiger partial charge in [0.15, 0.2) is 0 Å². The molecule has 0 unspecified atom stereocenters. The summed E-state index contributed by atoms with van der Waals surface area (Å²) >= 11 is 0. The molecule has 0 fully saturated rings. The first-order chi connectivity index (χ1) is 7.40. The number of benzene rings is 1. The van der Waals surface area contributed by atoms with Crippen molar-refractivity contribution in [1.82, 2.24) is 0 Å². The number of rotatable bonds is 3. The Morgan fingerprint density at radius 2 is 1.94 bits per heavy atom. The molecule has 0 aliphatic carbocycles. The van der Waals surface area contributed by atoms with E-state index in [1.807, 2.05) is 0 Å². The summed E-state index contributed by atoms with van der Waals surface area (Å²) in [7, 11) is 0. The van der Waals surface area contributed by atoms with E-state index in [1.54, 1.807) is 0 Å². The third kappa shape index (κ3) is 2.72. The number of hydrogen-bond acceptors (Lipinski definition) is 3. The lowest BCUT2D eigenvalue weighted by atomic mass is 9.98. The first-order valence-corrected chi connectivity index (χ1v) is 4.66. The normalized spacial score (nSPS) is 13.9. The molecule has 0 aromatic heterocycles. The van der Waals surface area contributed by atoms with Crippen molar-refractivity contribution >= 4 is 0 Å². The summed E-state index contributed by atoms with van der Waals surface area (Å²) < 4.78 is 37.1. The Kier molecular flexibility index (Phi) is 3.90. The van der Waals surface area contributed by atoms with Crippen LogP contribution in [-0.2, 0) is 12.8 Å². The van der Waals surface area contributed by atoms with Crippen molar-refractivity contribution in [3.63, 3.8) is 0 Å². The number of aliphatic hydroxyl groups excluding tert-OH is 1. The summed E-state index contributed by atoms with van der Waals surface area (Å²) in [6, 6.07) is 2.52. The Hall–Kier alpha value is -1.11. The highest BCUT2D eigenvalue weighted by Gasteiger charge is 2.31. The van der Waals surface area contributed by atoms with Gasteiger partial charge in [0.2, 0.25) is 0 Å². The lowest BCUT2D eigenvalue weighted by Crippen LogP contribution is -2.22. The van der Waals surface area contributed by atoms with E-state index in [0.717, 1.165) is 12.1 Å². The summed E-state index contributed by atoms with van der Waals surface area (Å²) in [5, 5.41) is 8.99. The molecular formula is C10H13F3N2O. The first kappa shape index (κ1) is 13.0. The van der Waals surface area contributed by atoms with Gasteiger partial charge in [-0.25, -0.2) is 0 Å². The summed E-state index contributed by atoms with van der Waals surface area (Å²) in [5.74, 6) is 0. The van der Waals surface area contributed by atoms with Gasteiger partial charge >= 0.3 is 6.18 Å². The van der Waals surface area contributed by atoms with Crippen molar-refractivity contribution in [3.8, 4) is 0 Å². The highest BCUT2D eigenvalue weighted by molar-refractivity contribution is 5.35. The van der Waals surface area contributed by atoms with E-state index in [0.29, 0.717) is 5.56 Å². The number of halogens is 3. The molecule has 0 bridgehead atoms. The van der Waals surface area contributed by atoms with E-state index in [9.17, 15) is 13.2 Å². The summed E-state index contributed by atoms with van der Waals surface area (Å²) in [6.45, 7) is -0.384. The zero-order valence-corrected chi connectivity index (χ0v) is 8.46. The van der Waals surface area contributed by atoms with Gasteiger partial charge in [0.1, 0.15) is 0 Å². The van der Waals surface area contributed by atoms with E-state index in [2.05, 4.69) is 0 Å². The van der Waals surface area contributed by atoms with E-state index < -0.39 is 24.4 Å². The zero-order chi connectivity index (χ0) is 12.3. The molecule has 1 aromatic rings. The van der Waals surface area contributed by atoms with Crippen LogP contribution in [0.4, 0.5) is 13.2 Å². The van der Waals surface area contributed by atoms with Crippen LogP contribution in [0.5, 0.6) is 0 Å². The second kappa shape index (κ2) is 4.82. The van der Waals surface area contributed by atoms with Crippen LogP contribution in [0, 0.1) is 0 Å². The second-order valence-electron chi connectivity index (χ2n) is 3.41. The lowest BCUT2D eigenvalue weighted by Gasteiger charge is -2.16. The minimum absolute atomic E-state index is 0.109. The number of hydrogen-bond donors (Lipinski definition) is 3. The molecule has 3 nitrogen and oxygen atoms in total. The van der Waals surface area contributed by atoms with Crippen LogP contribution in [0.15, 0.2) is 18.2 Å². The van der Waals surface area contributed by atoms with Gasteiger partial charge in [0, 0.05) is 12.6 Å². The SMILES string of the molecule is NC[C@H](N)c1ccc(C(F)(F)F)cc1CO. The van der Waals surface area contributed by atoms with Crippen molar-refractivity contribution in [2.75, 3.05) is 6.54 Å². The van der Waals surface area contributed by atoms with E-state index >= 15 is 0 Å². The van der Waals surface area contributed by atoms with Crippen LogP contribution >= 0.6 is 0 Å². The zero-order valence-electron chi connectivity index (χ0n) is 8.46. The molecule has 5 N–H and O–H groups in total. The smallest absolute Gasteiger partial charge is 0.392 e. The monoisotopic (exact) mass is 234 g/mol. The summed E-state index contributed by atoms with van der Waals surface area (Å²) in [5.41, 5.74) is 10.7. The molecule has 6 heteroatoms. The fraction of sp³-hybridized carbons (Fsp3) is 0.400. The highest BCUT2D eigenvalue weighted by atomic mass is 19.4. The maximum Gasteiger partial charge on any atom is 0.416 e. The molecule has 0 spiro atoms. The van der Waals surface area contributed by atoms with Crippen LogP contribution in [0.3, 0.4) is 0 Å². The van der Waals surface area contributed by atoms with Gasteiger partial charge < -0.3 is 16.6 Å². The predicted molar refractivity (Wildman–Crippen MR) is 53.3 cm³/mol. The minimum atomic E-state index is -4.42. The quantitative estimate of drug-likeness (QED) is 0.734. The van der Waals surface area contributed by atoms with Gasteiger partial charge in [0.05, 0.1) is 12.2 Å². The average molecular weight is 234 g/mol. The Labute approximate surface area is 90.9 Å². The molecule has 16 heavy (non-hydrogen) atoms. The third-order valence-electron chi connectivity index (χ3n) is 2.29. The molecule has 0 saturated carbocycles. The Balaban J connectivity index is 3.17. The lowest BCUT2D eigenvalue weighted by molar-refractivity contribution is -0.137. The second-order valence-corrected chi connectivity index (χ2v) is 3.41. The van der Waals surface area contributed by atoms with Crippen molar-refractivity contribution in [3.05, 3.63) is 34.9 Å². The highest BCUT2D eigenvalue weighted by Crippen LogP contribution is 2.31. The van der Waals surface area contributed by atoms with Gasteiger partial charge in [-0.3, -0.25) is 0 Å². The fourth-order valence-electron chi connectivity index (χ4n) is 1.41. The Morgan fingerprint density at radius 3 is 2.38 bits per heavy atom. The number of aliphatic hydroxyl groups is 1. The van der Waals surface area contributed by atoms with Crippen LogP contribution < -0.4 is 11.5 Å². The van der Waals surface area contributed by atoms with E-state index in [4.69, 9.17) is 16.6 Å². The van der Waals surface area contributed by atoms with Gasteiger partial charge in [-0.05, 0) is 23.3 Å². The number of nitrogens with two attached hydrogens (primary N) is 2. The molecule has 0 aliphatic rings. The van der Waals surface area contributed by atoms with Gasteiger partial charge in [-0.15, -0.1) is 0 Å². The summed E-state index contributed by atoms with van der Waals surface area (Å²) in [6.07, 6.45) is -4.42. The van der Waals surface area contributed by atoms with Crippen LogP contribution in [0.2, 0.25) is 0 Å².